The molecule has 0 radical (unpaired) electrons. The minimum atomic E-state index is -3.23. The number of nitrogens with one attached hydrogen (secondary N) is 1. The van der Waals surface area contributed by atoms with E-state index in [0.717, 1.165) is 12.8 Å². The average Bonchev–Trinajstić information content (AvgIpc) is 2.84. The molecule has 2 rings (SSSR count). The molecule has 0 amide bonds. The lowest BCUT2D eigenvalue weighted by Crippen LogP contribution is -2.17. The number of hydrogen-bond donors (Lipinski definition) is 1. The van der Waals surface area contributed by atoms with Gasteiger partial charge in [0, 0.05) is 17.3 Å². The van der Waals surface area contributed by atoms with Gasteiger partial charge in [-0.3, -0.25) is 4.72 Å². The third-order valence-electron chi connectivity index (χ3n) is 1.93. The van der Waals surface area contributed by atoms with E-state index in [4.69, 9.17) is 11.6 Å². The van der Waals surface area contributed by atoms with E-state index in [1.165, 1.54) is 12.3 Å². The van der Waals surface area contributed by atoms with Gasteiger partial charge in [-0.05, 0) is 18.9 Å². The number of pyridine rings is 1. The number of rotatable bonds is 3. The Balaban J connectivity index is 2.18. The van der Waals surface area contributed by atoms with Crippen LogP contribution in [0.4, 0.5) is 5.82 Å². The molecular formula is C8H9ClN2O2S. The molecule has 4 nitrogen and oxygen atoms in total. The summed E-state index contributed by atoms with van der Waals surface area (Å²) in [5, 5.41) is 0.219. The summed E-state index contributed by atoms with van der Waals surface area (Å²) >= 11 is 5.69. The Kier molecular flexibility index (Phi) is 2.36. The smallest absolute Gasteiger partial charge is 0.236 e. The highest BCUT2D eigenvalue weighted by Gasteiger charge is 2.35. The molecule has 0 spiro atoms. The molecule has 14 heavy (non-hydrogen) atoms. The first kappa shape index (κ1) is 9.73. The molecule has 0 aromatic carbocycles. The summed E-state index contributed by atoms with van der Waals surface area (Å²) in [7, 11) is -3.23. The van der Waals surface area contributed by atoms with Crippen molar-refractivity contribution in [2.75, 3.05) is 4.72 Å². The number of nitrogens with zero attached hydrogens (tertiary/aromatic N) is 1. The Morgan fingerprint density at radius 3 is 2.79 bits per heavy atom. The van der Waals surface area contributed by atoms with Crippen molar-refractivity contribution in [3.05, 3.63) is 23.4 Å². The van der Waals surface area contributed by atoms with Crippen molar-refractivity contribution in [3.63, 3.8) is 0 Å². The molecule has 1 heterocycles. The molecule has 6 heteroatoms. The Labute approximate surface area is 87.4 Å². The van der Waals surface area contributed by atoms with E-state index >= 15 is 0 Å². The summed E-state index contributed by atoms with van der Waals surface area (Å²) in [5.74, 6) is 0.282. The quantitative estimate of drug-likeness (QED) is 0.862. The predicted molar refractivity (Wildman–Crippen MR) is 54.8 cm³/mol. The monoisotopic (exact) mass is 232 g/mol. The molecule has 0 saturated heterocycles. The normalized spacial score (nSPS) is 16.6. The highest BCUT2D eigenvalue weighted by molar-refractivity contribution is 7.93. The zero-order chi connectivity index (χ0) is 10.2. The van der Waals surface area contributed by atoms with Gasteiger partial charge in [-0.2, -0.15) is 0 Å². The Bertz CT molecular complexity index is 442. The second kappa shape index (κ2) is 3.40. The summed E-state index contributed by atoms with van der Waals surface area (Å²) in [6.07, 6.45) is 2.93. The molecular weight excluding hydrogens is 224 g/mol. The lowest BCUT2D eigenvalue weighted by atomic mass is 10.5. The van der Waals surface area contributed by atoms with Crippen LogP contribution < -0.4 is 4.72 Å². The SMILES string of the molecule is O=S(=O)(Nc1cc(Cl)ccn1)C1CC1. The van der Waals surface area contributed by atoms with E-state index in [1.54, 1.807) is 6.07 Å². The van der Waals surface area contributed by atoms with Crippen LogP contribution in [0.2, 0.25) is 5.02 Å². The van der Waals surface area contributed by atoms with Crippen LogP contribution in [0, 0.1) is 0 Å². The van der Waals surface area contributed by atoms with Crippen LogP contribution >= 0.6 is 11.6 Å². The van der Waals surface area contributed by atoms with E-state index in [9.17, 15) is 8.42 Å². The van der Waals surface area contributed by atoms with Gasteiger partial charge >= 0.3 is 0 Å². The molecule has 1 fully saturated rings. The van der Waals surface area contributed by atoms with Gasteiger partial charge in [0.25, 0.3) is 0 Å². The van der Waals surface area contributed by atoms with Crippen molar-refractivity contribution in [1.82, 2.24) is 4.98 Å². The van der Waals surface area contributed by atoms with Gasteiger partial charge in [0.05, 0.1) is 5.25 Å². The molecule has 0 bridgehead atoms. The summed E-state index contributed by atoms with van der Waals surface area (Å²) in [4.78, 5) is 3.86. The lowest BCUT2D eigenvalue weighted by molar-refractivity contribution is 0.600. The van der Waals surface area contributed by atoms with Crippen LogP contribution in [0.1, 0.15) is 12.8 Å². The van der Waals surface area contributed by atoms with E-state index in [1.807, 2.05) is 0 Å². The number of sulfonamides is 1. The number of aromatic nitrogens is 1. The van der Waals surface area contributed by atoms with Crippen molar-refractivity contribution in [1.29, 1.82) is 0 Å². The van der Waals surface area contributed by atoms with E-state index in [-0.39, 0.29) is 11.1 Å². The van der Waals surface area contributed by atoms with Gasteiger partial charge in [0.1, 0.15) is 5.82 Å². The molecule has 1 aromatic heterocycles. The minimum Gasteiger partial charge on any atom is -0.267 e. The maximum atomic E-state index is 11.5. The molecule has 1 aliphatic carbocycles. The van der Waals surface area contributed by atoms with Gasteiger partial charge in [0.15, 0.2) is 0 Å². The fourth-order valence-electron chi connectivity index (χ4n) is 1.07. The largest absolute Gasteiger partial charge is 0.267 e. The van der Waals surface area contributed by atoms with Gasteiger partial charge in [-0.15, -0.1) is 0 Å². The van der Waals surface area contributed by atoms with Crippen LogP contribution in [0.25, 0.3) is 0 Å². The van der Waals surface area contributed by atoms with Crippen molar-refractivity contribution >= 4 is 27.4 Å². The molecule has 1 saturated carbocycles. The van der Waals surface area contributed by atoms with Crippen molar-refractivity contribution in [2.24, 2.45) is 0 Å². The lowest BCUT2D eigenvalue weighted by Gasteiger charge is -2.05. The summed E-state index contributed by atoms with van der Waals surface area (Å²) < 4.78 is 25.4. The van der Waals surface area contributed by atoms with Crippen LogP contribution in [0.5, 0.6) is 0 Å². The van der Waals surface area contributed by atoms with Gasteiger partial charge < -0.3 is 0 Å². The fraction of sp³-hybridized carbons (Fsp3) is 0.375. The second-order valence-corrected chi connectivity index (χ2v) is 5.60. The van der Waals surface area contributed by atoms with Crippen molar-refractivity contribution in [2.45, 2.75) is 18.1 Å². The van der Waals surface area contributed by atoms with Gasteiger partial charge in [-0.25, -0.2) is 13.4 Å². The zero-order valence-corrected chi connectivity index (χ0v) is 8.85. The minimum absolute atomic E-state index is 0.247. The molecule has 1 aliphatic rings. The number of halogens is 1. The Morgan fingerprint density at radius 2 is 2.21 bits per heavy atom. The summed E-state index contributed by atoms with van der Waals surface area (Å²) in [5.41, 5.74) is 0. The maximum Gasteiger partial charge on any atom is 0.236 e. The van der Waals surface area contributed by atoms with Crippen LogP contribution in [0.15, 0.2) is 18.3 Å². The standard InChI is InChI=1S/C8H9ClN2O2S/c9-6-3-4-10-8(5-6)11-14(12,13)7-1-2-7/h3-5,7H,1-2H2,(H,10,11). The summed E-state index contributed by atoms with van der Waals surface area (Å²) in [6.45, 7) is 0. The third-order valence-corrected chi connectivity index (χ3v) is 4.01. The highest BCUT2D eigenvalue weighted by Crippen LogP contribution is 2.29. The molecule has 76 valence electrons. The summed E-state index contributed by atoms with van der Waals surface area (Å²) in [6, 6.07) is 3.08. The van der Waals surface area contributed by atoms with Gasteiger partial charge in [-0.1, -0.05) is 11.6 Å². The Morgan fingerprint density at radius 1 is 1.50 bits per heavy atom. The van der Waals surface area contributed by atoms with E-state index in [2.05, 4.69) is 9.71 Å². The molecule has 1 N–H and O–H groups in total. The third kappa shape index (κ3) is 2.16. The fourth-order valence-corrected chi connectivity index (χ4v) is 2.55. The van der Waals surface area contributed by atoms with Crippen LogP contribution in [-0.2, 0) is 10.0 Å². The van der Waals surface area contributed by atoms with Gasteiger partial charge in [0.2, 0.25) is 10.0 Å². The average molecular weight is 233 g/mol. The maximum absolute atomic E-state index is 11.5. The Hall–Kier alpha value is -0.810. The zero-order valence-electron chi connectivity index (χ0n) is 7.27. The molecule has 0 aliphatic heterocycles. The predicted octanol–water partition coefficient (Wildman–Crippen LogP) is 1.64. The van der Waals surface area contributed by atoms with E-state index < -0.39 is 10.0 Å². The second-order valence-electron chi connectivity index (χ2n) is 3.21. The molecule has 0 unspecified atom stereocenters. The first-order valence-corrected chi connectivity index (χ1v) is 6.13. The van der Waals surface area contributed by atoms with Crippen LogP contribution in [-0.4, -0.2) is 18.7 Å². The number of hydrogen-bond acceptors (Lipinski definition) is 3. The van der Waals surface area contributed by atoms with Crippen molar-refractivity contribution in [3.8, 4) is 0 Å². The first-order chi connectivity index (χ1) is 6.58. The number of anilines is 1. The topological polar surface area (TPSA) is 59.1 Å². The van der Waals surface area contributed by atoms with Crippen LogP contribution in [0.3, 0.4) is 0 Å². The van der Waals surface area contributed by atoms with Crippen molar-refractivity contribution < 1.29 is 8.42 Å². The molecule has 1 aromatic rings. The highest BCUT2D eigenvalue weighted by atomic mass is 35.5. The molecule has 0 atom stereocenters. The first-order valence-electron chi connectivity index (χ1n) is 4.21. The van der Waals surface area contributed by atoms with E-state index in [0.29, 0.717) is 5.02 Å².